The maximum absolute atomic E-state index is 11.9. The number of carbonyl (C=O) groups excluding carboxylic acids is 1. The Labute approximate surface area is 110 Å². The van der Waals surface area contributed by atoms with Gasteiger partial charge in [0.1, 0.15) is 0 Å². The number of nitrogens with one attached hydrogen (secondary N) is 1. The van der Waals surface area contributed by atoms with Crippen molar-refractivity contribution in [2.24, 2.45) is 11.7 Å². The first-order valence-corrected chi connectivity index (χ1v) is 6.42. The largest absolute Gasteiger partial charge is 0.352 e. The molecule has 0 aliphatic carbocycles. The van der Waals surface area contributed by atoms with E-state index in [9.17, 15) is 4.79 Å². The summed E-state index contributed by atoms with van der Waals surface area (Å²) in [5, 5.41) is 2.86. The van der Waals surface area contributed by atoms with Gasteiger partial charge in [0.15, 0.2) is 0 Å². The summed E-state index contributed by atoms with van der Waals surface area (Å²) in [7, 11) is 0. The van der Waals surface area contributed by atoms with E-state index in [0.717, 1.165) is 12.0 Å². The van der Waals surface area contributed by atoms with Gasteiger partial charge in [0.05, 0.1) is 6.04 Å². The summed E-state index contributed by atoms with van der Waals surface area (Å²) in [5.41, 5.74) is 6.96. The van der Waals surface area contributed by atoms with Gasteiger partial charge in [0.2, 0.25) is 5.91 Å². The molecule has 0 saturated heterocycles. The molecule has 3 nitrogen and oxygen atoms in total. The van der Waals surface area contributed by atoms with E-state index in [1.165, 1.54) is 0 Å². The molecule has 1 radical (unpaired) electrons. The van der Waals surface area contributed by atoms with E-state index in [1.54, 1.807) is 0 Å². The molecule has 1 amide bonds. The predicted molar refractivity (Wildman–Crippen MR) is 74.9 cm³/mol. The van der Waals surface area contributed by atoms with Crippen LogP contribution in [-0.2, 0) is 11.2 Å². The lowest BCUT2D eigenvalue weighted by Gasteiger charge is -2.19. The van der Waals surface area contributed by atoms with E-state index >= 15 is 0 Å². The zero-order chi connectivity index (χ0) is 13.5. The Morgan fingerprint density at radius 1 is 1.33 bits per heavy atom. The van der Waals surface area contributed by atoms with Crippen LogP contribution in [0.3, 0.4) is 0 Å². The number of carbonyl (C=O) groups is 1. The second-order valence-electron chi connectivity index (χ2n) is 5.13. The van der Waals surface area contributed by atoms with E-state index in [4.69, 9.17) is 5.73 Å². The zero-order valence-electron chi connectivity index (χ0n) is 11.2. The van der Waals surface area contributed by atoms with Crippen LogP contribution in [0, 0.1) is 12.8 Å². The topological polar surface area (TPSA) is 55.1 Å². The van der Waals surface area contributed by atoms with Crippen molar-refractivity contribution < 1.29 is 4.79 Å². The molecule has 99 valence electrons. The Morgan fingerprint density at radius 2 is 1.94 bits per heavy atom. The molecule has 1 rings (SSSR count). The van der Waals surface area contributed by atoms with Crippen LogP contribution in [0.4, 0.5) is 0 Å². The Morgan fingerprint density at radius 3 is 2.50 bits per heavy atom. The van der Waals surface area contributed by atoms with Crippen molar-refractivity contribution in [3.8, 4) is 0 Å². The monoisotopic (exact) mass is 247 g/mol. The minimum absolute atomic E-state index is 0.0701. The van der Waals surface area contributed by atoms with Gasteiger partial charge in [0, 0.05) is 6.04 Å². The van der Waals surface area contributed by atoms with Crippen molar-refractivity contribution in [1.82, 2.24) is 5.32 Å². The quantitative estimate of drug-likeness (QED) is 0.807. The van der Waals surface area contributed by atoms with Crippen LogP contribution in [0.2, 0.25) is 0 Å². The highest BCUT2D eigenvalue weighted by Crippen LogP contribution is 2.05. The summed E-state index contributed by atoms with van der Waals surface area (Å²) in [5.74, 6) is 0.387. The van der Waals surface area contributed by atoms with E-state index < -0.39 is 6.04 Å². The molecule has 2 unspecified atom stereocenters. The Balaban J connectivity index is 2.42. The molecule has 0 aliphatic rings. The molecule has 0 saturated carbocycles. The molecular weight excluding hydrogens is 224 g/mol. The van der Waals surface area contributed by atoms with Crippen LogP contribution in [0.15, 0.2) is 30.3 Å². The molecule has 18 heavy (non-hydrogen) atoms. The second kappa shape index (κ2) is 7.17. The first-order chi connectivity index (χ1) is 8.49. The number of hydrogen-bond donors (Lipinski definition) is 2. The highest BCUT2D eigenvalue weighted by atomic mass is 16.2. The van der Waals surface area contributed by atoms with Crippen molar-refractivity contribution in [3.05, 3.63) is 42.8 Å². The minimum atomic E-state index is -0.510. The molecule has 0 spiro atoms. The van der Waals surface area contributed by atoms with Crippen molar-refractivity contribution in [2.45, 2.75) is 38.8 Å². The number of nitrogens with two attached hydrogens (primary N) is 1. The van der Waals surface area contributed by atoms with Crippen LogP contribution in [-0.4, -0.2) is 18.0 Å². The molecule has 1 aromatic carbocycles. The third kappa shape index (κ3) is 5.32. The van der Waals surface area contributed by atoms with E-state index in [0.29, 0.717) is 12.3 Å². The van der Waals surface area contributed by atoms with Gasteiger partial charge < -0.3 is 11.1 Å². The Bertz CT molecular complexity index is 362. The molecule has 3 N–H and O–H groups in total. The molecule has 0 aromatic heterocycles. The summed E-state index contributed by atoms with van der Waals surface area (Å²) >= 11 is 0. The average Bonchev–Trinajstić information content (AvgIpc) is 2.28. The Kier molecular flexibility index (Phi) is 5.86. The summed E-state index contributed by atoms with van der Waals surface area (Å²) < 4.78 is 0. The second-order valence-corrected chi connectivity index (χ2v) is 5.13. The van der Waals surface area contributed by atoms with E-state index in [1.807, 2.05) is 30.3 Å². The standard InChI is InChI=1S/C15H23N2O/c1-11(2)9-12(3)17-15(18)14(16)10-13-7-5-4-6-8-13/h4-8,11-12,14H,3,9-10,16H2,1-2H3,(H,17,18). The fourth-order valence-electron chi connectivity index (χ4n) is 1.90. The highest BCUT2D eigenvalue weighted by molar-refractivity contribution is 5.82. The number of amides is 1. The normalized spacial score (nSPS) is 14.3. The van der Waals surface area contributed by atoms with Crippen molar-refractivity contribution in [3.63, 3.8) is 0 Å². The van der Waals surface area contributed by atoms with E-state index in [2.05, 4.69) is 26.1 Å². The molecule has 0 heterocycles. The smallest absolute Gasteiger partial charge is 0.237 e. The minimum Gasteiger partial charge on any atom is -0.352 e. The van der Waals surface area contributed by atoms with Crippen molar-refractivity contribution in [2.75, 3.05) is 0 Å². The molecule has 0 aliphatic heterocycles. The van der Waals surface area contributed by atoms with Gasteiger partial charge in [-0.05, 0) is 31.2 Å². The van der Waals surface area contributed by atoms with Gasteiger partial charge in [-0.3, -0.25) is 4.79 Å². The predicted octanol–water partition coefficient (Wildman–Crippen LogP) is 1.92. The van der Waals surface area contributed by atoms with Crippen LogP contribution in [0.25, 0.3) is 0 Å². The maximum Gasteiger partial charge on any atom is 0.237 e. The molecule has 0 fully saturated rings. The third-order valence-corrected chi connectivity index (χ3v) is 2.74. The lowest BCUT2D eigenvalue weighted by atomic mass is 10.0. The van der Waals surface area contributed by atoms with Crippen LogP contribution < -0.4 is 11.1 Å². The van der Waals surface area contributed by atoms with Gasteiger partial charge in [0.25, 0.3) is 0 Å². The summed E-state index contributed by atoms with van der Waals surface area (Å²) in [6.07, 6.45) is 1.42. The van der Waals surface area contributed by atoms with Gasteiger partial charge in [-0.1, -0.05) is 44.2 Å². The van der Waals surface area contributed by atoms with Gasteiger partial charge >= 0.3 is 0 Å². The lowest BCUT2D eigenvalue weighted by Crippen LogP contribution is -2.45. The molecule has 3 heteroatoms. The third-order valence-electron chi connectivity index (χ3n) is 2.74. The van der Waals surface area contributed by atoms with Gasteiger partial charge in [-0.2, -0.15) is 0 Å². The van der Waals surface area contributed by atoms with Crippen LogP contribution in [0.5, 0.6) is 0 Å². The SMILES string of the molecule is [CH2]C(CC(C)C)NC(=O)C(N)Cc1ccccc1. The van der Waals surface area contributed by atoms with Crippen LogP contribution >= 0.6 is 0 Å². The van der Waals surface area contributed by atoms with Crippen molar-refractivity contribution in [1.29, 1.82) is 0 Å². The number of hydrogen-bond acceptors (Lipinski definition) is 2. The first kappa shape index (κ1) is 14.7. The number of benzene rings is 1. The summed E-state index contributed by atoms with van der Waals surface area (Å²) in [6, 6.07) is 9.21. The molecule has 1 aromatic rings. The average molecular weight is 247 g/mol. The van der Waals surface area contributed by atoms with Crippen molar-refractivity contribution >= 4 is 5.91 Å². The molecular formula is C15H23N2O. The first-order valence-electron chi connectivity index (χ1n) is 6.42. The van der Waals surface area contributed by atoms with E-state index in [-0.39, 0.29) is 11.9 Å². The Hall–Kier alpha value is -1.35. The zero-order valence-corrected chi connectivity index (χ0v) is 11.2. The summed E-state index contributed by atoms with van der Waals surface area (Å²) in [4.78, 5) is 11.9. The highest BCUT2D eigenvalue weighted by Gasteiger charge is 2.16. The molecule has 0 bridgehead atoms. The fraction of sp³-hybridized carbons (Fsp3) is 0.467. The molecule has 2 atom stereocenters. The van der Waals surface area contributed by atoms with Gasteiger partial charge in [-0.25, -0.2) is 0 Å². The van der Waals surface area contributed by atoms with Crippen LogP contribution in [0.1, 0.15) is 25.8 Å². The fourth-order valence-corrected chi connectivity index (χ4v) is 1.90. The summed E-state index contributed by atoms with van der Waals surface area (Å²) in [6.45, 7) is 8.13. The van der Waals surface area contributed by atoms with Gasteiger partial charge in [-0.15, -0.1) is 0 Å². The maximum atomic E-state index is 11.9. The number of rotatable bonds is 6. The lowest BCUT2D eigenvalue weighted by molar-refractivity contribution is -0.122.